The van der Waals surface area contributed by atoms with Crippen molar-refractivity contribution < 1.29 is 0 Å². The van der Waals surface area contributed by atoms with Crippen LogP contribution >= 0.6 is 0 Å². The maximum Gasteiger partial charge on any atom is 0.0536 e. The minimum atomic E-state index is 0.713. The lowest BCUT2D eigenvalue weighted by Crippen LogP contribution is -2.51. The van der Waals surface area contributed by atoms with Crippen LogP contribution in [0.3, 0.4) is 0 Å². The molecule has 0 amide bonds. The number of hydrogen-bond donors (Lipinski definition) is 1. The summed E-state index contributed by atoms with van der Waals surface area (Å²) in [4.78, 5) is 2.61. The zero-order valence-corrected chi connectivity index (χ0v) is 11.0. The Bertz CT molecular complexity index is 332. The topological polar surface area (TPSA) is 33.1 Å². The Balaban J connectivity index is 1.83. The van der Waals surface area contributed by atoms with Crippen LogP contribution in [-0.2, 0) is 6.54 Å². The van der Waals surface area contributed by atoms with Gasteiger partial charge in [-0.3, -0.25) is 9.58 Å². The average Bonchev–Trinajstić information content (AvgIpc) is 2.74. The normalized spacial score (nSPS) is 21.9. The van der Waals surface area contributed by atoms with Gasteiger partial charge in [0.1, 0.15) is 0 Å². The summed E-state index contributed by atoms with van der Waals surface area (Å²) < 4.78 is 2.06. The fourth-order valence-electron chi connectivity index (χ4n) is 2.54. The standard InChI is InChI=1S/C13H24N4/c1-3-4-13-10-14-5-6-16(13)7-8-17-11-12(2)9-15-17/h9,11,13-14H,3-8,10H2,1-2H3. The summed E-state index contributed by atoms with van der Waals surface area (Å²) in [7, 11) is 0. The first-order valence-electron chi connectivity index (χ1n) is 6.73. The summed E-state index contributed by atoms with van der Waals surface area (Å²) in [6.07, 6.45) is 6.62. The summed E-state index contributed by atoms with van der Waals surface area (Å²) >= 11 is 0. The highest BCUT2D eigenvalue weighted by molar-refractivity contribution is 4.99. The lowest BCUT2D eigenvalue weighted by Gasteiger charge is -2.36. The third kappa shape index (κ3) is 3.54. The molecule has 1 N–H and O–H groups in total. The minimum Gasteiger partial charge on any atom is -0.314 e. The van der Waals surface area contributed by atoms with E-state index in [1.54, 1.807) is 0 Å². The largest absolute Gasteiger partial charge is 0.314 e. The molecule has 0 aliphatic carbocycles. The molecule has 96 valence electrons. The van der Waals surface area contributed by atoms with E-state index in [1.165, 1.54) is 24.9 Å². The molecular weight excluding hydrogens is 212 g/mol. The van der Waals surface area contributed by atoms with Gasteiger partial charge in [0.05, 0.1) is 12.7 Å². The van der Waals surface area contributed by atoms with Crippen molar-refractivity contribution in [2.24, 2.45) is 0 Å². The second kappa shape index (κ2) is 6.17. The molecule has 1 unspecified atom stereocenters. The highest BCUT2D eigenvalue weighted by Crippen LogP contribution is 2.09. The average molecular weight is 236 g/mol. The van der Waals surface area contributed by atoms with Gasteiger partial charge in [0.25, 0.3) is 0 Å². The minimum absolute atomic E-state index is 0.713. The van der Waals surface area contributed by atoms with Crippen LogP contribution in [0.5, 0.6) is 0 Å². The van der Waals surface area contributed by atoms with Crippen molar-refractivity contribution in [3.8, 4) is 0 Å². The van der Waals surface area contributed by atoms with Gasteiger partial charge in [-0.05, 0) is 18.9 Å². The van der Waals surface area contributed by atoms with Crippen molar-refractivity contribution in [3.63, 3.8) is 0 Å². The van der Waals surface area contributed by atoms with Crippen molar-refractivity contribution in [1.82, 2.24) is 20.0 Å². The fourth-order valence-corrected chi connectivity index (χ4v) is 2.54. The number of aromatic nitrogens is 2. The molecule has 1 fully saturated rings. The Morgan fingerprint density at radius 2 is 2.35 bits per heavy atom. The van der Waals surface area contributed by atoms with Gasteiger partial charge in [0, 0.05) is 38.4 Å². The van der Waals surface area contributed by atoms with E-state index in [1.807, 2.05) is 6.20 Å². The molecule has 0 saturated carbocycles. The van der Waals surface area contributed by atoms with E-state index < -0.39 is 0 Å². The zero-order valence-electron chi connectivity index (χ0n) is 11.0. The third-order valence-electron chi connectivity index (χ3n) is 3.47. The van der Waals surface area contributed by atoms with Crippen LogP contribution in [0.15, 0.2) is 12.4 Å². The Morgan fingerprint density at radius 3 is 3.06 bits per heavy atom. The quantitative estimate of drug-likeness (QED) is 0.835. The van der Waals surface area contributed by atoms with E-state index >= 15 is 0 Å². The van der Waals surface area contributed by atoms with Crippen LogP contribution in [-0.4, -0.2) is 46.9 Å². The first-order chi connectivity index (χ1) is 8.29. The van der Waals surface area contributed by atoms with Crippen LogP contribution in [0, 0.1) is 6.92 Å². The summed E-state index contributed by atoms with van der Waals surface area (Å²) in [6, 6.07) is 0.713. The summed E-state index contributed by atoms with van der Waals surface area (Å²) in [5.41, 5.74) is 1.25. The van der Waals surface area contributed by atoms with Crippen molar-refractivity contribution in [3.05, 3.63) is 18.0 Å². The summed E-state index contributed by atoms with van der Waals surface area (Å²) in [5, 5.41) is 7.83. The fraction of sp³-hybridized carbons (Fsp3) is 0.769. The van der Waals surface area contributed by atoms with E-state index in [0.29, 0.717) is 6.04 Å². The molecule has 1 atom stereocenters. The zero-order chi connectivity index (χ0) is 12.1. The maximum atomic E-state index is 4.35. The number of aryl methyl sites for hydroxylation is 1. The number of nitrogens with one attached hydrogen (secondary N) is 1. The molecule has 2 heterocycles. The van der Waals surface area contributed by atoms with Crippen LogP contribution in [0.1, 0.15) is 25.3 Å². The van der Waals surface area contributed by atoms with Crippen molar-refractivity contribution in [2.45, 2.75) is 39.3 Å². The number of nitrogens with zero attached hydrogens (tertiary/aromatic N) is 3. The molecule has 4 nitrogen and oxygen atoms in total. The van der Waals surface area contributed by atoms with Gasteiger partial charge in [-0.1, -0.05) is 13.3 Å². The molecule has 1 aliphatic heterocycles. The van der Waals surface area contributed by atoms with Crippen LogP contribution < -0.4 is 5.32 Å². The number of rotatable bonds is 5. The number of hydrogen-bond acceptors (Lipinski definition) is 3. The molecule has 1 aromatic heterocycles. The van der Waals surface area contributed by atoms with Crippen molar-refractivity contribution in [2.75, 3.05) is 26.2 Å². The van der Waals surface area contributed by atoms with Gasteiger partial charge < -0.3 is 5.32 Å². The third-order valence-corrected chi connectivity index (χ3v) is 3.47. The van der Waals surface area contributed by atoms with Gasteiger partial charge in [0.2, 0.25) is 0 Å². The molecule has 0 aromatic carbocycles. The summed E-state index contributed by atoms with van der Waals surface area (Å²) in [6.45, 7) is 9.93. The van der Waals surface area contributed by atoms with E-state index in [2.05, 4.69) is 40.0 Å². The molecule has 17 heavy (non-hydrogen) atoms. The SMILES string of the molecule is CCCC1CNCCN1CCn1cc(C)cn1. The highest BCUT2D eigenvalue weighted by Gasteiger charge is 2.20. The predicted molar refractivity (Wildman–Crippen MR) is 70.1 cm³/mol. The molecule has 1 aliphatic rings. The van der Waals surface area contributed by atoms with Crippen molar-refractivity contribution >= 4 is 0 Å². The van der Waals surface area contributed by atoms with Crippen molar-refractivity contribution in [1.29, 1.82) is 0 Å². The second-order valence-corrected chi connectivity index (χ2v) is 4.96. The summed E-state index contributed by atoms with van der Waals surface area (Å²) in [5.74, 6) is 0. The molecule has 0 bridgehead atoms. The van der Waals surface area contributed by atoms with Crippen LogP contribution in [0.2, 0.25) is 0 Å². The molecule has 1 saturated heterocycles. The van der Waals surface area contributed by atoms with Gasteiger partial charge >= 0.3 is 0 Å². The smallest absolute Gasteiger partial charge is 0.0536 e. The van der Waals surface area contributed by atoms with E-state index in [0.717, 1.165) is 26.2 Å². The van der Waals surface area contributed by atoms with Crippen LogP contribution in [0.4, 0.5) is 0 Å². The molecule has 0 radical (unpaired) electrons. The molecule has 0 spiro atoms. The second-order valence-electron chi connectivity index (χ2n) is 4.96. The lowest BCUT2D eigenvalue weighted by molar-refractivity contribution is 0.145. The lowest BCUT2D eigenvalue weighted by atomic mass is 10.1. The molecule has 1 aromatic rings. The van der Waals surface area contributed by atoms with Gasteiger partial charge in [-0.2, -0.15) is 5.10 Å². The maximum absolute atomic E-state index is 4.35. The Labute approximate surface area is 104 Å². The monoisotopic (exact) mass is 236 g/mol. The van der Waals surface area contributed by atoms with Gasteiger partial charge in [-0.15, -0.1) is 0 Å². The Hall–Kier alpha value is -0.870. The first kappa shape index (κ1) is 12.6. The predicted octanol–water partition coefficient (Wildman–Crippen LogP) is 1.27. The number of piperazine rings is 1. The van der Waals surface area contributed by atoms with Gasteiger partial charge in [0.15, 0.2) is 0 Å². The highest BCUT2D eigenvalue weighted by atomic mass is 15.3. The van der Waals surface area contributed by atoms with Gasteiger partial charge in [-0.25, -0.2) is 0 Å². The first-order valence-corrected chi connectivity index (χ1v) is 6.73. The molecule has 2 rings (SSSR count). The van der Waals surface area contributed by atoms with E-state index in [-0.39, 0.29) is 0 Å². The molecule has 4 heteroatoms. The van der Waals surface area contributed by atoms with E-state index in [9.17, 15) is 0 Å². The Kier molecular flexibility index (Phi) is 4.57. The van der Waals surface area contributed by atoms with Crippen LogP contribution in [0.25, 0.3) is 0 Å². The molecular formula is C13H24N4. The van der Waals surface area contributed by atoms with E-state index in [4.69, 9.17) is 0 Å². The Morgan fingerprint density at radius 1 is 1.47 bits per heavy atom.